The fraction of sp³-hybridized carbons (Fsp3) is 0.643. The van der Waals surface area contributed by atoms with Gasteiger partial charge in [-0.3, -0.25) is 4.79 Å². The molecule has 2 aliphatic rings. The third-order valence-electron chi connectivity index (χ3n) is 3.70. The van der Waals surface area contributed by atoms with E-state index in [2.05, 4.69) is 22.5 Å². The number of esters is 1. The van der Waals surface area contributed by atoms with Crippen LogP contribution in [0.2, 0.25) is 0 Å². The van der Waals surface area contributed by atoms with E-state index in [4.69, 9.17) is 17.0 Å². The summed E-state index contributed by atoms with van der Waals surface area (Å²) in [5.74, 6) is -0.744. The molecule has 0 aromatic carbocycles. The van der Waals surface area contributed by atoms with Crippen molar-refractivity contribution in [2.24, 2.45) is 16.8 Å². The first-order valence-electron chi connectivity index (χ1n) is 6.85. The first-order valence-corrected chi connectivity index (χ1v) is 7.26. The van der Waals surface area contributed by atoms with E-state index in [1.54, 1.807) is 6.92 Å². The lowest BCUT2D eigenvalue weighted by Gasteiger charge is -2.29. The molecule has 0 spiro atoms. The molecule has 20 heavy (non-hydrogen) atoms. The molecule has 0 saturated carbocycles. The lowest BCUT2D eigenvalue weighted by Crippen LogP contribution is -2.51. The Morgan fingerprint density at radius 1 is 1.60 bits per heavy atom. The van der Waals surface area contributed by atoms with E-state index < -0.39 is 24.6 Å². The molecule has 1 N–H and O–H groups in total. The summed E-state index contributed by atoms with van der Waals surface area (Å²) in [7, 11) is 0. The van der Waals surface area contributed by atoms with Crippen LogP contribution >= 0.6 is 12.2 Å². The predicted molar refractivity (Wildman–Crippen MR) is 79.5 cm³/mol. The Balaban J connectivity index is 1.94. The summed E-state index contributed by atoms with van der Waals surface area (Å²) < 4.78 is 18.4. The van der Waals surface area contributed by atoms with E-state index in [-0.39, 0.29) is 5.11 Å². The van der Waals surface area contributed by atoms with E-state index in [9.17, 15) is 9.18 Å². The summed E-state index contributed by atoms with van der Waals surface area (Å²) in [6.45, 7) is 1.39. The highest BCUT2D eigenvalue weighted by Gasteiger charge is 2.36. The van der Waals surface area contributed by atoms with Gasteiger partial charge in [0.2, 0.25) is 0 Å². The van der Waals surface area contributed by atoms with Crippen molar-refractivity contribution in [3.63, 3.8) is 0 Å². The van der Waals surface area contributed by atoms with Crippen LogP contribution in [0.25, 0.3) is 0 Å². The van der Waals surface area contributed by atoms with Crippen molar-refractivity contribution < 1.29 is 13.9 Å². The molecule has 0 saturated heterocycles. The molecule has 6 heteroatoms. The van der Waals surface area contributed by atoms with Gasteiger partial charge < -0.3 is 10.1 Å². The minimum Gasteiger partial charge on any atom is -0.465 e. The average molecular weight is 298 g/mol. The van der Waals surface area contributed by atoms with Crippen LogP contribution in [0.15, 0.2) is 17.1 Å². The fourth-order valence-corrected chi connectivity index (χ4v) is 2.85. The van der Waals surface area contributed by atoms with Gasteiger partial charge in [-0.25, -0.2) is 9.38 Å². The SMILES string of the molecule is CC1=NC(=S)NC(CF)C1C(=O)OCC1CC=CCC1. The van der Waals surface area contributed by atoms with Gasteiger partial charge in [-0.2, -0.15) is 0 Å². The summed E-state index contributed by atoms with van der Waals surface area (Å²) in [5, 5.41) is 2.95. The van der Waals surface area contributed by atoms with E-state index in [1.165, 1.54) is 0 Å². The lowest BCUT2D eigenvalue weighted by molar-refractivity contribution is -0.148. The molecular weight excluding hydrogens is 279 g/mol. The number of halogens is 1. The van der Waals surface area contributed by atoms with Gasteiger partial charge in [0.1, 0.15) is 12.6 Å². The minimum atomic E-state index is -0.689. The second-order valence-corrected chi connectivity index (χ2v) is 5.61. The summed E-state index contributed by atoms with van der Waals surface area (Å²) in [6, 6.07) is -0.668. The zero-order chi connectivity index (χ0) is 14.5. The average Bonchev–Trinajstić information content (AvgIpc) is 2.45. The molecular formula is C14H19FN2O2S. The van der Waals surface area contributed by atoms with E-state index in [0.717, 1.165) is 19.3 Å². The summed E-state index contributed by atoms with van der Waals surface area (Å²) in [6.07, 6.45) is 7.23. The number of carbonyl (C=O) groups is 1. The van der Waals surface area contributed by atoms with Crippen LogP contribution in [0.5, 0.6) is 0 Å². The Kier molecular flexibility index (Phi) is 5.23. The molecule has 0 fully saturated rings. The van der Waals surface area contributed by atoms with Crippen LogP contribution in [-0.4, -0.2) is 36.1 Å². The van der Waals surface area contributed by atoms with Gasteiger partial charge in [-0.05, 0) is 44.3 Å². The summed E-state index contributed by atoms with van der Waals surface area (Å²) in [5.41, 5.74) is 0.518. The van der Waals surface area contributed by atoms with E-state index in [1.807, 2.05) is 0 Å². The standard InChI is InChI=1S/C14H19FN2O2S/c1-9-12(11(7-15)17-14(20)16-9)13(18)19-8-10-5-3-2-4-6-10/h2-3,10-12H,4-8H2,1H3,(H,17,20). The van der Waals surface area contributed by atoms with Crippen LogP contribution in [-0.2, 0) is 9.53 Å². The Bertz CT molecular complexity index is 450. The van der Waals surface area contributed by atoms with Crippen molar-refractivity contribution in [1.82, 2.24) is 5.32 Å². The maximum absolute atomic E-state index is 13.0. The lowest BCUT2D eigenvalue weighted by atomic mass is 9.93. The second-order valence-electron chi connectivity index (χ2n) is 5.22. The highest BCUT2D eigenvalue weighted by Crippen LogP contribution is 2.20. The van der Waals surface area contributed by atoms with Gasteiger partial charge in [0.05, 0.1) is 12.6 Å². The molecule has 3 atom stereocenters. The van der Waals surface area contributed by atoms with Crippen LogP contribution < -0.4 is 5.32 Å². The monoisotopic (exact) mass is 298 g/mol. The first kappa shape index (κ1) is 15.1. The quantitative estimate of drug-likeness (QED) is 0.491. The van der Waals surface area contributed by atoms with Gasteiger partial charge in [0.15, 0.2) is 5.11 Å². The maximum Gasteiger partial charge on any atom is 0.316 e. The number of carbonyl (C=O) groups excluding carboxylic acids is 1. The summed E-state index contributed by atoms with van der Waals surface area (Å²) in [4.78, 5) is 16.2. The minimum absolute atomic E-state index is 0.228. The van der Waals surface area contributed by atoms with Gasteiger partial charge in [0, 0.05) is 5.71 Å². The molecule has 3 unspecified atom stereocenters. The molecule has 2 rings (SSSR count). The Morgan fingerprint density at radius 3 is 3.05 bits per heavy atom. The fourth-order valence-electron chi connectivity index (χ4n) is 2.56. The van der Waals surface area contributed by atoms with E-state index in [0.29, 0.717) is 18.2 Å². The summed E-state index contributed by atoms with van der Waals surface area (Å²) >= 11 is 4.91. The maximum atomic E-state index is 13.0. The highest BCUT2D eigenvalue weighted by molar-refractivity contribution is 7.80. The second kappa shape index (κ2) is 6.92. The molecule has 0 bridgehead atoms. The topological polar surface area (TPSA) is 50.7 Å². The van der Waals surface area contributed by atoms with Gasteiger partial charge in [-0.1, -0.05) is 12.2 Å². The Hall–Kier alpha value is -1.30. The van der Waals surface area contributed by atoms with E-state index >= 15 is 0 Å². The van der Waals surface area contributed by atoms with Crippen molar-refractivity contribution >= 4 is 29.0 Å². The normalized spacial score (nSPS) is 29.6. The van der Waals surface area contributed by atoms with Gasteiger partial charge in [0.25, 0.3) is 0 Å². The van der Waals surface area contributed by atoms with Crippen molar-refractivity contribution in [2.45, 2.75) is 32.2 Å². The number of hydrogen-bond donors (Lipinski definition) is 1. The zero-order valence-corrected chi connectivity index (χ0v) is 12.3. The molecule has 110 valence electrons. The van der Waals surface area contributed by atoms with Crippen LogP contribution in [0.1, 0.15) is 26.2 Å². The number of hydrogen-bond acceptors (Lipinski definition) is 3. The molecule has 1 aliphatic heterocycles. The number of alkyl halides is 1. The number of ether oxygens (including phenoxy) is 1. The van der Waals surface area contributed by atoms with Crippen molar-refractivity contribution in [3.05, 3.63) is 12.2 Å². The van der Waals surface area contributed by atoms with Crippen LogP contribution in [0.3, 0.4) is 0 Å². The van der Waals surface area contributed by atoms with Crippen LogP contribution in [0, 0.1) is 11.8 Å². The number of nitrogens with one attached hydrogen (secondary N) is 1. The largest absolute Gasteiger partial charge is 0.465 e. The van der Waals surface area contributed by atoms with Crippen molar-refractivity contribution in [3.8, 4) is 0 Å². The third kappa shape index (κ3) is 3.62. The molecule has 0 radical (unpaired) electrons. The van der Waals surface area contributed by atoms with Crippen molar-refractivity contribution in [1.29, 1.82) is 0 Å². The zero-order valence-electron chi connectivity index (χ0n) is 11.5. The Labute approximate surface area is 123 Å². The number of allylic oxidation sites excluding steroid dienone is 2. The number of aliphatic imine (C=N–C) groups is 1. The number of nitrogens with zero attached hydrogens (tertiary/aromatic N) is 1. The highest BCUT2D eigenvalue weighted by atomic mass is 32.1. The number of thiocarbonyl (C=S) groups is 1. The molecule has 0 amide bonds. The van der Waals surface area contributed by atoms with Gasteiger partial charge in [-0.15, -0.1) is 0 Å². The first-order chi connectivity index (χ1) is 9.61. The van der Waals surface area contributed by atoms with Crippen molar-refractivity contribution in [2.75, 3.05) is 13.3 Å². The van der Waals surface area contributed by atoms with Crippen LogP contribution in [0.4, 0.5) is 4.39 Å². The molecule has 1 heterocycles. The molecule has 1 aliphatic carbocycles. The molecule has 0 aromatic rings. The Morgan fingerprint density at radius 2 is 2.40 bits per heavy atom. The van der Waals surface area contributed by atoms with Gasteiger partial charge >= 0.3 is 5.97 Å². The molecule has 4 nitrogen and oxygen atoms in total. The number of rotatable bonds is 4. The predicted octanol–water partition coefficient (Wildman–Crippen LogP) is 2.19. The third-order valence-corrected chi connectivity index (χ3v) is 3.91. The smallest absolute Gasteiger partial charge is 0.316 e. The molecule has 0 aromatic heterocycles.